The average molecular weight is 288 g/mol. The largest absolute Gasteiger partial charge is 0.481 e. The Hall–Kier alpha value is -2.63. The summed E-state index contributed by atoms with van der Waals surface area (Å²) in [6, 6.07) is 6.71. The molecule has 2 rings (SSSR count). The summed E-state index contributed by atoms with van der Waals surface area (Å²) < 4.78 is 7.04. The molecule has 1 aromatic heterocycles. The number of aromatic nitrogens is 2. The molecule has 0 saturated carbocycles. The maximum absolute atomic E-state index is 12.2. The van der Waals surface area contributed by atoms with Gasteiger partial charge in [-0.05, 0) is 12.5 Å². The van der Waals surface area contributed by atoms with Crippen LogP contribution in [0.2, 0.25) is 0 Å². The van der Waals surface area contributed by atoms with Crippen LogP contribution in [-0.2, 0) is 17.8 Å². The number of hydrogen-bond acceptors (Lipinski definition) is 4. The summed E-state index contributed by atoms with van der Waals surface area (Å²) in [5, 5.41) is 8.89. The fourth-order valence-corrected chi connectivity index (χ4v) is 1.93. The Labute approximate surface area is 121 Å². The number of nitrogens with zero attached hydrogens (tertiary/aromatic N) is 2. The van der Waals surface area contributed by atoms with Crippen LogP contribution < -0.4 is 10.3 Å². The van der Waals surface area contributed by atoms with E-state index in [0.717, 1.165) is 6.42 Å². The summed E-state index contributed by atoms with van der Waals surface area (Å²) >= 11 is 0. The van der Waals surface area contributed by atoms with Crippen LogP contribution in [0.5, 0.6) is 11.6 Å². The first kappa shape index (κ1) is 14.8. The normalized spacial score (nSPS) is 10.3. The average Bonchev–Trinajstić information content (AvgIpc) is 2.45. The lowest BCUT2D eigenvalue weighted by molar-refractivity contribution is -0.136. The van der Waals surface area contributed by atoms with E-state index in [1.54, 1.807) is 30.5 Å². The molecule has 0 fully saturated rings. The lowest BCUT2D eigenvalue weighted by atomic mass is 10.1. The third-order valence-corrected chi connectivity index (χ3v) is 2.87. The van der Waals surface area contributed by atoms with Crippen molar-refractivity contribution in [2.24, 2.45) is 0 Å². The molecule has 21 heavy (non-hydrogen) atoms. The zero-order valence-electron chi connectivity index (χ0n) is 11.7. The van der Waals surface area contributed by atoms with Crippen LogP contribution in [0.3, 0.4) is 0 Å². The quantitative estimate of drug-likeness (QED) is 0.880. The highest BCUT2D eigenvalue weighted by Crippen LogP contribution is 2.22. The van der Waals surface area contributed by atoms with Gasteiger partial charge in [0.2, 0.25) is 0 Å². The monoisotopic (exact) mass is 288 g/mol. The minimum absolute atomic E-state index is 0.0520. The van der Waals surface area contributed by atoms with E-state index in [4.69, 9.17) is 9.84 Å². The Kier molecular flexibility index (Phi) is 4.71. The summed E-state index contributed by atoms with van der Waals surface area (Å²) in [5.41, 5.74) is 0.168. The van der Waals surface area contributed by atoms with Gasteiger partial charge in [0.25, 0.3) is 5.88 Å². The van der Waals surface area contributed by atoms with Crippen molar-refractivity contribution >= 4 is 5.97 Å². The van der Waals surface area contributed by atoms with E-state index in [9.17, 15) is 9.59 Å². The van der Waals surface area contributed by atoms with E-state index < -0.39 is 5.97 Å². The second-order valence-electron chi connectivity index (χ2n) is 4.51. The standard InChI is InChI=1S/C15H16N2O4/c1-2-8-17-9-7-16-14(15(17)20)21-12-6-4-3-5-11(12)10-13(18)19/h3-7,9H,2,8,10H2,1H3,(H,18,19). The molecule has 0 amide bonds. The number of hydrogen-bond donors (Lipinski definition) is 1. The van der Waals surface area contributed by atoms with Crippen molar-refractivity contribution in [3.63, 3.8) is 0 Å². The van der Waals surface area contributed by atoms with Gasteiger partial charge in [-0.1, -0.05) is 25.1 Å². The number of para-hydroxylation sites is 1. The molecule has 2 aromatic rings. The van der Waals surface area contributed by atoms with Crippen LogP contribution in [0.15, 0.2) is 41.5 Å². The number of carboxylic acids is 1. The molecule has 0 spiro atoms. The minimum Gasteiger partial charge on any atom is -0.481 e. The first-order valence-corrected chi connectivity index (χ1v) is 6.64. The van der Waals surface area contributed by atoms with Crippen LogP contribution in [0.4, 0.5) is 0 Å². The van der Waals surface area contributed by atoms with Gasteiger partial charge in [0, 0.05) is 24.5 Å². The van der Waals surface area contributed by atoms with Gasteiger partial charge in [-0.2, -0.15) is 0 Å². The first-order valence-electron chi connectivity index (χ1n) is 6.64. The topological polar surface area (TPSA) is 81.4 Å². The van der Waals surface area contributed by atoms with Gasteiger partial charge >= 0.3 is 11.5 Å². The maximum atomic E-state index is 12.2. The Balaban J connectivity index is 2.32. The van der Waals surface area contributed by atoms with Crippen molar-refractivity contribution in [1.82, 2.24) is 9.55 Å². The van der Waals surface area contributed by atoms with Crippen molar-refractivity contribution in [3.05, 3.63) is 52.6 Å². The Morgan fingerprint density at radius 2 is 2.14 bits per heavy atom. The second kappa shape index (κ2) is 6.69. The van der Waals surface area contributed by atoms with Gasteiger partial charge in [-0.25, -0.2) is 4.98 Å². The van der Waals surface area contributed by atoms with Gasteiger partial charge in [0.1, 0.15) is 5.75 Å². The highest BCUT2D eigenvalue weighted by atomic mass is 16.5. The summed E-state index contributed by atoms with van der Waals surface area (Å²) in [6.07, 6.45) is 3.74. The zero-order chi connectivity index (χ0) is 15.2. The molecule has 0 unspecified atom stereocenters. The van der Waals surface area contributed by atoms with Gasteiger partial charge < -0.3 is 14.4 Å². The molecule has 0 saturated heterocycles. The van der Waals surface area contributed by atoms with Crippen molar-refractivity contribution in [2.45, 2.75) is 26.3 Å². The number of benzene rings is 1. The first-order chi connectivity index (χ1) is 10.1. The molecular formula is C15H16N2O4. The molecule has 0 radical (unpaired) electrons. The fourth-order valence-electron chi connectivity index (χ4n) is 1.93. The third-order valence-electron chi connectivity index (χ3n) is 2.87. The Bertz CT molecular complexity index is 694. The fraction of sp³-hybridized carbons (Fsp3) is 0.267. The van der Waals surface area contributed by atoms with Crippen LogP contribution in [-0.4, -0.2) is 20.6 Å². The number of ether oxygens (including phenoxy) is 1. The van der Waals surface area contributed by atoms with E-state index in [1.807, 2.05) is 6.92 Å². The molecule has 0 atom stereocenters. The molecule has 6 nitrogen and oxygen atoms in total. The lowest BCUT2D eigenvalue weighted by Gasteiger charge is -2.10. The van der Waals surface area contributed by atoms with E-state index in [1.165, 1.54) is 10.8 Å². The van der Waals surface area contributed by atoms with E-state index in [-0.39, 0.29) is 17.9 Å². The van der Waals surface area contributed by atoms with Gasteiger partial charge in [0.15, 0.2) is 0 Å². The zero-order valence-corrected chi connectivity index (χ0v) is 11.7. The van der Waals surface area contributed by atoms with E-state index in [0.29, 0.717) is 17.9 Å². The number of aryl methyl sites for hydroxylation is 1. The number of aliphatic carboxylic acids is 1. The van der Waals surface area contributed by atoms with Crippen LogP contribution in [0.1, 0.15) is 18.9 Å². The number of rotatable bonds is 6. The molecule has 1 aromatic carbocycles. The molecule has 0 bridgehead atoms. The Morgan fingerprint density at radius 1 is 1.38 bits per heavy atom. The summed E-state index contributed by atoms with van der Waals surface area (Å²) in [7, 11) is 0. The number of carboxylic acid groups (broad SMARTS) is 1. The van der Waals surface area contributed by atoms with E-state index >= 15 is 0 Å². The summed E-state index contributed by atoms with van der Waals surface area (Å²) in [6.45, 7) is 2.55. The lowest BCUT2D eigenvalue weighted by Crippen LogP contribution is -2.21. The predicted molar refractivity (Wildman–Crippen MR) is 76.6 cm³/mol. The predicted octanol–water partition coefficient (Wildman–Crippen LogP) is 2.07. The molecule has 110 valence electrons. The van der Waals surface area contributed by atoms with Crippen molar-refractivity contribution in [1.29, 1.82) is 0 Å². The highest BCUT2D eigenvalue weighted by Gasteiger charge is 2.12. The number of carbonyl (C=O) groups is 1. The third kappa shape index (κ3) is 3.68. The van der Waals surface area contributed by atoms with Crippen molar-refractivity contribution < 1.29 is 14.6 Å². The van der Waals surface area contributed by atoms with E-state index in [2.05, 4.69) is 4.98 Å². The second-order valence-corrected chi connectivity index (χ2v) is 4.51. The van der Waals surface area contributed by atoms with Gasteiger partial charge in [0.05, 0.1) is 6.42 Å². The molecule has 0 aliphatic rings. The maximum Gasteiger partial charge on any atom is 0.313 e. The van der Waals surface area contributed by atoms with Crippen molar-refractivity contribution in [3.8, 4) is 11.6 Å². The molecule has 1 heterocycles. The Morgan fingerprint density at radius 3 is 2.86 bits per heavy atom. The summed E-state index contributed by atoms with van der Waals surface area (Å²) in [5.74, 6) is -0.682. The molecule has 6 heteroatoms. The van der Waals surface area contributed by atoms with Gasteiger partial charge in [-0.15, -0.1) is 0 Å². The molecule has 1 N–H and O–H groups in total. The smallest absolute Gasteiger partial charge is 0.313 e. The van der Waals surface area contributed by atoms with Crippen molar-refractivity contribution in [2.75, 3.05) is 0 Å². The SMILES string of the molecule is CCCn1ccnc(Oc2ccccc2CC(=O)O)c1=O. The highest BCUT2D eigenvalue weighted by molar-refractivity contribution is 5.71. The van der Waals surface area contributed by atoms with Crippen LogP contribution >= 0.6 is 0 Å². The minimum atomic E-state index is -0.963. The molecule has 0 aliphatic heterocycles. The van der Waals surface area contributed by atoms with Crippen LogP contribution in [0.25, 0.3) is 0 Å². The van der Waals surface area contributed by atoms with Gasteiger partial charge in [-0.3, -0.25) is 9.59 Å². The molecule has 0 aliphatic carbocycles. The van der Waals surface area contributed by atoms with Crippen LogP contribution in [0, 0.1) is 0 Å². The molecular weight excluding hydrogens is 272 g/mol. The summed E-state index contributed by atoms with van der Waals surface area (Å²) in [4.78, 5) is 26.9.